The van der Waals surface area contributed by atoms with Gasteiger partial charge in [-0.1, -0.05) is 29.8 Å². The summed E-state index contributed by atoms with van der Waals surface area (Å²) in [7, 11) is 1.79. The molecule has 20 heavy (non-hydrogen) atoms. The summed E-state index contributed by atoms with van der Waals surface area (Å²) in [6.07, 6.45) is 1.30. The normalized spacial score (nSPS) is 24.9. The summed E-state index contributed by atoms with van der Waals surface area (Å²) in [4.78, 5) is 4.67. The van der Waals surface area contributed by atoms with Crippen molar-refractivity contribution in [3.8, 4) is 0 Å². The second kappa shape index (κ2) is 5.00. The third-order valence-electron chi connectivity index (χ3n) is 4.57. The van der Waals surface area contributed by atoms with Gasteiger partial charge in [-0.05, 0) is 24.6 Å². The van der Waals surface area contributed by atoms with E-state index in [1.165, 1.54) is 0 Å². The molecular formula is C15H18BrClN2O. The van der Waals surface area contributed by atoms with Crippen LogP contribution in [0.3, 0.4) is 0 Å². The number of fused-ring (bicyclic) bond motifs is 1. The number of aromatic nitrogens is 2. The molecule has 0 bridgehead atoms. The van der Waals surface area contributed by atoms with Crippen molar-refractivity contribution in [3.05, 3.63) is 28.5 Å². The Morgan fingerprint density at radius 3 is 2.85 bits per heavy atom. The standard InChI is InChI=1S/C15H18BrClN2O/c1-15(2)12(7-13(15)20-3)19-11-5-4-9(16)6-10(11)18-14(19)8-17/h4-6,12-13H,7-8H2,1-3H3. The van der Waals surface area contributed by atoms with Gasteiger partial charge < -0.3 is 9.30 Å². The van der Waals surface area contributed by atoms with Crippen molar-refractivity contribution in [1.29, 1.82) is 0 Å². The number of imidazole rings is 1. The zero-order chi connectivity index (χ0) is 14.5. The van der Waals surface area contributed by atoms with E-state index in [1.54, 1.807) is 7.11 Å². The second-order valence-electron chi connectivity index (χ2n) is 5.96. The molecule has 2 atom stereocenters. The average Bonchev–Trinajstić information content (AvgIpc) is 2.75. The van der Waals surface area contributed by atoms with Gasteiger partial charge in [-0.2, -0.15) is 0 Å². The van der Waals surface area contributed by atoms with Crippen LogP contribution in [-0.2, 0) is 10.6 Å². The molecule has 1 aliphatic carbocycles. The predicted molar refractivity (Wildman–Crippen MR) is 85.2 cm³/mol. The molecule has 1 heterocycles. The summed E-state index contributed by atoms with van der Waals surface area (Å²) >= 11 is 9.60. The molecule has 2 aromatic rings. The van der Waals surface area contributed by atoms with Crippen molar-refractivity contribution in [3.63, 3.8) is 0 Å². The van der Waals surface area contributed by atoms with E-state index < -0.39 is 0 Å². The molecule has 1 aliphatic rings. The fourth-order valence-corrected chi connectivity index (χ4v) is 3.80. The largest absolute Gasteiger partial charge is 0.381 e. The molecular weight excluding hydrogens is 340 g/mol. The maximum absolute atomic E-state index is 6.11. The minimum Gasteiger partial charge on any atom is -0.381 e. The maximum atomic E-state index is 6.11. The molecule has 1 aromatic heterocycles. The molecule has 1 saturated carbocycles. The summed E-state index contributed by atoms with van der Waals surface area (Å²) < 4.78 is 8.90. The van der Waals surface area contributed by atoms with Crippen LogP contribution in [0.2, 0.25) is 0 Å². The van der Waals surface area contributed by atoms with E-state index in [9.17, 15) is 0 Å². The van der Waals surface area contributed by atoms with Crippen LogP contribution in [0.4, 0.5) is 0 Å². The van der Waals surface area contributed by atoms with E-state index >= 15 is 0 Å². The highest BCUT2D eigenvalue weighted by molar-refractivity contribution is 9.10. The number of nitrogens with zero attached hydrogens (tertiary/aromatic N) is 2. The topological polar surface area (TPSA) is 27.1 Å². The first-order chi connectivity index (χ1) is 9.48. The van der Waals surface area contributed by atoms with E-state index in [4.69, 9.17) is 16.3 Å². The van der Waals surface area contributed by atoms with Gasteiger partial charge in [-0.25, -0.2) is 4.98 Å². The Morgan fingerprint density at radius 1 is 1.50 bits per heavy atom. The SMILES string of the molecule is COC1CC(n2c(CCl)nc3cc(Br)ccc32)C1(C)C. The molecule has 5 heteroatoms. The average molecular weight is 358 g/mol. The zero-order valence-electron chi connectivity index (χ0n) is 11.9. The van der Waals surface area contributed by atoms with Crippen LogP contribution in [0.1, 0.15) is 32.1 Å². The van der Waals surface area contributed by atoms with Crippen LogP contribution in [0.5, 0.6) is 0 Å². The van der Waals surface area contributed by atoms with E-state index in [1.807, 2.05) is 6.07 Å². The molecule has 0 saturated heterocycles. The molecule has 0 aliphatic heterocycles. The Kier molecular flexibility index (Phi) is 3.59. The lowest BCUT2D eigenvalue weighted by Gasteiger charge is -2.52. The molecule has 3 rings (SSSR count). The van der Waals surface area contributed by atoms with Crippen molar-refractivity contribution in [2.24, 2.45) is 5.41 Å². The highest BCUT2D eigenvalue weighted by atomic mass is 79.9. The summed E-state index contributed by atoms with van der Waals surface area (Å²) in [5.41, 5.74) is 2.24. The first kappa shape index (κ1) is 14.4. The van der Waals surface area contributed by atoms with Crippen LogP contribution in [0.15, 0.2) is 22.7 Å². The van der Waals surface area contributed by atoms with Crippen LogP contribution in [-0.4, -0.2) is 22.8 Å². The lowest BCUT2D eigenvalue weighted by atomic mass is 9.64. The number of methoxy groups -OCH3 is 1. The molecule has 0 amide bonds. The van der Waals surface area contributed by atoms with E-state index in [0.717, 1.165) is 27.8 Å². The summed E-state index contributed by atoms with van der Waals surface area (Å²) in [6, 6.07) is 6.59. The molecule has 0 spiro atoms. The van der Waals surface area contributed by atoms with Gasteiger partial charge in [0.05, 0.1) is 23.0 Å². The smallest absolute Gasteiger partial charge is 0.125 e. The van der Waals surface area contributed by atoms with E-state index in [2.05, 4.69) is 51.5 Å². The minimum atomic E-state index is 0.0935. The van der Waals surface area contributed by atoms with Crippen molar-refractivity contribution in [2.45, 2.75) is 38.3 Å². The van der Waals surface area contributed by atoms with Gasteiger partial charge in [0, 0.05) is 23.0 Å². The van der Waals surface area contributed by atoms with Gasteiger partial charge in [0.15, 0.2) is 0 Å². The molecule has 2 unspecified atom stereocenters. The number of halogens is 2. The third-order valence-corrected chi connectivity index (χ3v) is 5.30. The third kappa shape index (κ3) is 2.00. The predicted octanol–water partition coefficient (Wildman–Crippen LogP) is 4.52. The number of ether oxygens (including phenoxy) is 1. The van der Waals surface area contributed by atoms with Crippen LogP contribution >= 0.6 is 27.5 Å². The van der Waals surface area contributed by atoms with Gasteiger partial charge in [-0.3, -0.25) is 0 Å². The van der Waals surface area contributed by atoms with Crippen LogP contribution < -0.4 is 0 Å². The second-order valence-corrected chi connectivity index (χ2v) is 7.14. The zero-order valence-corrected chi connectivity index (χ0v) is 14.2. The van der Waals surface area contributed by atoms with Crippen LogP contribution in [0, 0.1) is 5.41 Å². The van der Waals surface area contributed by atoms with Crippen molar-refractivity contribution < 1.29 is 4.74 Å². The summed E-state index contributed by atoms with van der Waals surface area (Å²) in [5, 5.41) is 0. The fourth-order valence-electron chi connectivity index (χ4n) is 3.27. The van der Waals surface area contributed by atoms with Crippen molar-refractivity contribution in [2.75, 3.05) is 7.11 Å². The lowest BCUT2D eigenvalue weighted by Crippen LogP contribution is -2.51. The number of hydrogen-bond acceptors (Lipinski definition) is 2. The van der Waals surface area contributed by atoms with Gasteiger partial charge in [-0.15, -0.1) is 11.6 Å². The number of alkyl halides is 1. The molecule has 108 valence electrons. The minimum absolute atomic E-state index is 0.0935. The fraction of sp³-hybridized carbons (Fsp3) is 0.533. The Balaban J connectivity index is 2.12. The number of benzene rings is 1. The molecule has 0 N–H and O–H groups in total. The van der Waals surface area contributed by atoms with Gasteiger partial charge in [0.25, 0.3) is 0 Å². The molecule has 0 radical (unpaired) electrons. The van der Waals surface area contributed by atoms with Gasteiger partial charge >= 0.3 is 0 Å². The maximum Gasteiger partial charge on any atom is 0.125 e. The summed E-state index contributed by atoms with van der Waals surface area (Å²) in [5.74, 6) is 1.36. The van der Waals surface area contributed by atoms with E-state index in [0.29, 0.717) is 18.0 Å². The van der Waals surface area contributed by atoms with E-state index in [-0.39, 0.29) is 5.41 Å². The Labute approximate surface area is 132 Å². The molecule has 1 aromatic carbocycles. The Morgan fingerprint density at radius 2 is 2.25 bits per heavy atom. The quantitative estimate of drug-likeness (QED) is 0.755. The highest BCUT2D eigenvalue weighted by Gasteiger charge is 2.50. The number of rotatable bonds is 3. The Hall–Kier alpha value is -0.580. The van der Waals surface area contributed by atoms with Gasteiger partial charge in [0.2, 0.25) is 0 Å². The van der Waals surface area contributed by atoms with Gasteiger partial charge in [0.1, 0.15) is 5.82 Å². The van der Waals surface area contributed by atoms with Crippen molar-refractivity contribution >= 4 is 38.6 Å². The Bertz CT molecular complexity index is 653. The lowest BCUT2D eigenvalue weighted by molar-refractivity contribution is -0.112. The summed E-state index contributed by atoms with van der Waals surface area (Å²) in [6.45, 7) is 4.50. The monoisotopic (exact) mass is 356 g/mol. The van der Waals surface area contributed by atoms with Crippen molar-refractivity contribution in [1.82, 2.24) is 9.55 Å². The molecule has 3 nitrogen and oxygen atoms in total. The highest BCUT2D eigenvalue weighted by Crippen LogP contribution is 2.52. The molecule has 1 fully saturated rings. The number of hydrogen-bond donors (Lipinski definition) is 0. The first-order valence-corrected chi connectivity index (χ1v) is 8.07. The first-order valence-electron chi connectivity index (χ1n) is 6.74. The van der Waals surface area contributed by atoms with Crippen LogP contribution in [0.25, 0.3) is 11.0 Å².